The van der Waals surface area contributed by atoms with Crippen molar-refractivity contribution in [3.8, 4) is 0 Å². The van der Waals surface area contributed by atoms with E-state index in [4.69, 9.17) is 5.11 Å². The van der Waals surface area contributed by atoms with Crippen molar-refractivity contribution >= 4 is 11.7 Å². The molecule has 0 saturated carbocycles. The minimum absolute atomic E-state index is 0.0611. The maximum absolute atomic E-state index is 10.8. The zero-order valence-corrected chi connectivity index (χ0v) is 10.4. The van der Waals surface area contributed by atoms with E-state index in [0.29, 0.717) is 13.0 Å². The van der Waals surface area contributed by atoms with Crippen LogP contribution < -0.4 is 0 Å². The van der Waals surface area contributed by atoms with Gasteiger partial charge in [-0.1, -0.05) is 12.1 Å². The van der Waals surface area contributed by atoms with E-state index in [1.165, 1.54) is 12.1 Å². The molecule has 1 atom stereocenters. The Morgan fingerprint density at radius 2 is 2.00 bits per heavy atom. The van der Waals surface area contributed by atoms with Crippen molar-refractivity contribution in [3.63, 3.8) is 0 Å². The Bertz CT molecular complexity index is 430. The van der Waals surface area contributed by atoms with E-state index in [-0.39, 0.29) is 5.69 Å². The van der Waals surface area contributed by atoms with Crippen molar-refractivity contribution in [2.45, 2.75) is 19.4 Å². The molecule has 0 saturated heterocycles. The summed E-state index contributed by atoms with van der Waals surface area (Å²) in [5, 5.41) is 19.3. The number of nitro groups is 1. The number of aliphatic carboxylic acids is 1. The first-order valence-corrected chi connectivity index (χ1v) is 5.58. The van der Waals surface area contributed by atoms with Gasteiger partial charge in [-0.25, -0.2) is 0 Å². The quantitative estimate of drug-likeness (QED) is 0.613. The lowest BCUT2D eigenvalue weighted by molar-refractivity contribution is -0.384. The molecule has 0 aliphatic rings. The maximum Gasteiger partial charge on any atom is 0.320 e. The highest BCUT2D eigenvalue weighted by Gasteiger charge is 2.16. The zero-order valence-electron chi connectivity index (χ0n) is 10.4. The van der Waals surface area contributed by atoms with Gasteiger partial charge in [0.15, 0.2) is 0 Å². The number of carboxylic acids is 1. The SMILES string of the molecule is CC(C(=O)O)N(C)CCc1ccc([N+](=O)[O-])cc1. The van der Waals surface area contributed by atoms with Gasteiger partial charge in [0.25, 0.3) is 5.69 Å². The molecule has 0 aliphatic carbocycles. The van der Waals surface area contributed by atoms with Crippen molar-refractivity contribution in [3.05, 3.63) is 39.9 Å². The summed E-state index contributed by atoms with van der Waals surface area (Å²) in [5.74, 6) is -0.860. The highest BCUT2D eigenvalue weighted by molar-refractivity contribution is 5.72. The first kappa shape index (κ1) is 14.1. The van der Waals surface area contributed by atoms with Gasteiger partial charge in [0.1, 0.15) is 6.04 Å². The molecule has 1 unspecified atom stereocenters. The fourth-order valence-corrected chi connectivity index (χ4v) is 1.47. The maximum atomic E-state index is 10.8. The second-order valence-corrected chi connectivity index (χ2v) is 4.17. The van der Waals surface area contributed by atoms with E-state index in [0.717, 1.165) is 5.56 Å². The number of carboxylic acid groups (broad SMARTS) is 1. The van der Waals surface area contributed by atoms with Crippen molar-refractivity contribution in [1.82, 2.24) is 4.90 Å². The van der Waals surface area contributed by atoms with Crippen LogP contribution in [0.2, 0.25) is 0 Å². The largest absolute Gasteiger partial charge is 0.480 e. The van der Waals surface area contributed by atoms with Crippen LogP contribution in [0, 0.1) is 10.1 Å². The second kappa shape index (κ2) is 6.11. The molecular weight excluding hydrogens is 236 g/mol. The Balaban J connectivity index is 2.53. The first-order chi connectivity index (χ1) is 8.41. The average Bonchev–Trinajstić information content (AvgIpc) is 2.35. The third kappa shape index (κ3) is 3.81. The normalized spacial score (nSPS) is 12.4. The van der Waals surface area contributed by atoms with Crippen molar-refractivity contribution in [1.29, 1.82) is 0 Å². The van der Waals surface area contributed by atoms with Gasteiger partial charge in [-0.3, -0.25) is 19.8 Å². The van der Waals surface area contributed by atoms with Crippen LogP contribution in [0.3, 0.4) is 0 Å². The van der Waals surface area contributed by atoms with Crippen molar-refractivity contribution < 1.29 is 14.8 Å². The molecule has 98 valence electrons. The molecule has 1 aromatic rings. The van der Waals surface area contributed by atoms with Crippen LogP contribution in [0.1, 0.15) is 12.5 Å². The number of hydrogen-bond acceptors (Lipinski definition) is 4. The van der Waals surface area contributed by atoms with Crippen LogP contribution >= 0.6 is 0 Å². The smallest absolute Gasteiger partial charge is 0.320 e. The predicted molar refractivity (Wildman–Crippen MR) is 66.5 cm³/mol. The van der Waals surface area contributed by atoms with Gasteiger partial charge in [0.2, 0.25) is 0 Å². The monoisotopic (exact) mass is 252 g/mol. The molecule has 0 bridgehead atoms. The molecule has 6 nitrogen and oxygen atoms in total. The van der Waals surface area contributed by atoms with E-state index >= 15 is 0 Å². The molecule has 1 N–H and O–H groups in total. The first-order valence-electron chi connectivity index (χ1n) is 5.58. The molecule has 1 rings (SSSR count). The summed E-state index contributed by atoms with van der Waals surface area (Å²) in [6.07, 6.45) is 0.659. The van der Waals surface area contributed by atoms with Gasteiger partial charge in [-0.2, -0.15) is 0 Å². The number of nitro benzene ring substituents is 1. The van der Waals surface area contributed by atoms with Gasteiger partial charge >= 0.3 is 5.97 Å². The summed E-state index contributed by atoms with van der Waals surface area (Å²) in [7, 11) is 1.74. The van der Waals surface area contributed by atoms with Crippen LogP contribution in [0.25, 0.3) is 0 Å². The molecule has 0 aliphatic heterocycles. The summed E-state index contributed by atoms with van der Waals surface area (Å²) in [5.41, 5.74) is 1.01. The Kier molecular flexibility index (Phi) is 4.79. The predicted octanol–water partition coefficient (Wildman–Crippen LogP) is 1.54. The third-order valence-electron chi connectivity index (χ3n) is 2.92. The van der Waals surface area contributed by atoms with E-state index < -0.39 is 16.9 Å². The van der Waals surface area contributed by atoms with Gasteiger partial charge in [-0.15, -0.1) is 0 Å². The molecule has 0 spiro atoms. The molecule has 6 heteroatoms. The highest BCUT2D eigenvalue weighted by atomic mass is 16.6. The lowest BCUT2D eigenvalue weighted by Gasteiger charge is -2.20. The number of rotatable bonds is 6. The minimum atomic E-state index is -0.860. The molecule has 0 radical (unpaired) electrons. The van der Waals surface area contributed by atoms with Crippen LogP contribution in [-0.2, 0) is 11.2 Å². The fraction of sp³-hybridized carbons (Fsp3) is 0.417. The average molecular weight is 252 g/mol. The van der Waals surface area contributed by atoms with Gasteiger partial charge < -0.3 is 5.11 Å². The summed E-state index contributed by atoms with van der Waals surface area (Å²) in [6, 6.07) is 5.75. The highest BCUT2D eigenvalue weighted by Crippen LogP contribution is 2.12. The van der Waals surface area contributed by atoms with Gasteiger partial charge in [0.05, 0.1) is 4.92 Å². The van der Waals surface area contributed by atoms with Gasteiger partial charge in [-0.05, 0) is 26.0 Å². The van der Waals surface area contributed by atoms with Crippen LogP contribution in [0.15, 0.2) is 24.3 Å². The number of hydrogen-bond donors (Lipinski definition) is 1. The van der Waals surface area contributed by atoms with Crippen LogP contribution in [0.4, 0.5) is 5.69 Å². The van der Waals surface area contributed by atoms with E-state index in [1.807, 2.05) is 0 Å². The molecular formula is C12H16N2O4. The third-order valence-corrected chi connectivity index (χ3v) is 2.92. The standard InChI is InChI=1S/C12H16N2O4/c1-9(12(15)16)13(2)8-7-10-3-5-11(6-4-10)14(17)18/h3-6,9H,7-8H2,1-2H3,(H,15,16). The van der Waals surface area contributed by atoms with Gasteiger partial charge in [0, 0.05) is 18.7 Å². The summed E-state index contributed by atoms with van der Waals surface area (Å²) >= 11 is 0. The molecule has 1 aromatic carbocycles. The van der Waals surface area contributed by atoms with E-state index in [2.05, 4.69) is 0 Å². The molecule has 0 amide bonds. The molecule has 0 aromatic heterocycles. The minimum Gasteiger partial charge on any atom is -0.480 e. The molecule has 18 heavy (non-hydrogen) atoms. The fourth-order valence-electron chi connectivity index (χ4n) is 1.47. The lowest BCUT2D eigenvalue weighted by Crippen LogP contribution is -2.37. The number of non-ortho nitro benzene ring substituents is 1. The number of nitrogens with zero attached hydrogens (tertiary/aromatic N) is 2. The molecule has 0 heterocycles. The van der Waals surface area contributed by atoms with E-state index in [9.17, 15) is 14.9 Å². The summed E-state index contributed by atoms with van der Waals surface area (Å²) in [4.78, 5) is 22.5. The Morgan fingerprint density at radius 1 is 1.44 bits per heavy atom. The second-order valence-electron chi connectivity index (χ2n) is 4.17. The summed E-state index contributed by atoms with van der Waals surface area (Å²) in [6.45, 7) is 2.21. The number of carbonyl (C=O) groups is 1. The lowest BCUT2D eigenvalue weighted by atomic mass is 10.1. The van der Waals surface area contributed by atoms with Crippen LogP contribution in [-0.4, -0.2) is 40.5 Å². The van der Waals surface area contributed by atoms with E-state index in [1.54, 1.807) is 31.0 Å². The Labute approximate surface area is 105 Å². The Morgan fingerprint density at radius 3 is 2.44 bits per heavy atom. The Hall–Kier alpha value is -1.95. The number of benzene rings is 1. The number of likely N-dealkylation sites (N-methyl/N-ethyl adjacent to an activating group) is 1. The van der Waals surface area contributed by atoms with Crippen molar-refractivity contribution in [2.24, 2.45) is 0 Å². The summed E-state index contributed by atoms with van der Waals surface area (Å²) < 4.78 is 0. The van der Waals surface area contributed by atoms with Crippen molar-refractivity contribution in [2.75, 3.05) is 13.6 Å². The molecule has 0 fully saturated rings. The zero-order chi connectivity index (χ0) is 13.7. The topological polar surface area (TPSA) is 83.7 Å². The van der Waals surface area contributed by atoms with Crippen LogP contribution in [0.5, 0.6) is 0 Å².